The first-order valence-electron chi connectivity index (χ1n) is 17.4. The Hall–Kier alpha value is -2.94. The molecule has 2 N–H and O–H groups in total. The Balaban J connectivity index is 1.72. The van der Waals surface area contributed by atoms with Gasteiger partial charge in [0.25, 0.3) is 11.8 Å². The van der Waals surface area contributed by atoms with Crippen LogP contribution < -0.4 is 5.32 Å². The number of amides is 2. The molecule has 9 nitrogen and oxygen atoms in total. The van der Waals surface area contributed by atoms with Crippen LogP contribution in [-0.4, -0.2) is 76.5 Å². The summed E-state index contributed by atoms with van der Waals surface area (Å²) in [6, 6.07) is 7.44. The number of aliphatic imine (C=N–C) groups is 1. The summed E-state index contributed by atoms with van der Waals surface area (Å²) in [4.78, 5) is 48.4. The van der Waals surface area contributed by atoms with Crippen LogP contribution in [0.5, 0.6) is 0 Å². The zero-order valence-corrected chi connectivity index (χ0v) is 29.5. The van der Waals surface area contributed by atoms with Gasteiger partial charge in [-0.2, -0.15) is 0 Å². The van der Waals surface area contributed by atoms with Gasteiger partial charge in [0.05, 0.1) is 31.7 Å². The van der Waals surface area contributed by atoms with E-state index >= 15 is 0 Å². The average molecular weight is 639 g/mol. The van der Waals surface area contributed by atoms with Gasteiger partial charge in [-0.1, -0.05) is 67.5 Å². The molecule has 256 valence electrons. The number of nitrogens with zero attached hydrogens (tertiary/aromatic N) is 3. The molecular formula is C37H58N4O5. The first-order valence-corrected chi connectivity index (χ1v) is 17.4. The minimum atomic E-state index is -0.952. The number of carbonyl (C=O) groups excluding carboxylic acids is 2. The molecule has 46 heavy (non-hydrogen) atoms. The summed E-state index contributed by atoms with van der Waals surface area (Å²) in [5.41, 5.74) is 1.12. The van der Waals surface area contributed by atoms with E-state index in [-0.39, 0.29) is 47.7 Å². The lowest BCUT2D eigenvalue weighted by Gasteiger charge is -2.47. The molecule has 2 heterocycles. The minimum Gasteiger partial charge on any atom is -0.481 e. The zero-order chi connectivity index (χ0) is 33.9. The molecule has 1 saturated heterocycles. The van der Waals surface area contributed by atoms with Crippen molar-refractivity contribution in [3.8, 4) is 0 Å². The van der Waals surface area contributed by atoms with Gasteiger partial charge in [-0.3, -0.25) is 14.4 Å². The maximum absolute atomic E-state index is 14.9. The molecule has 1 saturated carbocycles. The van der Waals surface area contributed by atoms with E-state index in [4.69, 9.17) is 14.8 Å². The van der Waals surface area contributed by atoms with Crippen LogP contribution in [0.15, 0.2) is 29.3 Å². The number of nitrogens with one attached hydrogen (secondary N) is 1. The molecule has 3 aliphatic rings. The maximum Gasteiger partial charge on any atom is 0.305 e. The molecule has 1 aromatic rings. The van der Waals surface area contributed by atoms with Gasteiger partial charge in [0.2, 0.25) is 0 Å². The number of hydrogen-bond acceptors (Lipinski definition) is 6. The van der Waals surface area contributed by atoms with Gasteiger partial charge < -0.3 is 25.0 Å². The van der Waals surface area contributed by atoms with Gasteiger partial charge in [-0.25, -0.2) is 4.99 Å². The fraction of sp³-hybridized carbons (Fsp3) is 0.730. The number of carboxylic acid groups (broad SMARTS) is 1. The Morgan fingerprint density at radius 1 is 1.09 bits per heavy atom. The number of carboxylic acids is 1. The van der Waals surface area contributed by atoms with Crippen molar-refractivity contribution in [1.29, 1.82) is 0 Å². The van der Waals surface area contributed by atoms with E-state index in [0.717, 1.165) is 50.5 Å². The standard InChI is InChI=1S/C37H58N4O5/c1-25(2)23-29-24-46-22-21-40(29)32-34(45)41(37(39-32)18-13-28(14-19-37)36(6,7)8)30(15-17-35(3,4)5)26-9-11-27(12-10-26)33(44)38-20-16-31(42)43/h9-12,25,28-30H,13-24H2,1-8H3,(H,38,44)(H,42,43)/t28?,29?,30-,37?/m1/s1. The van der Waals surface area contributed by atoms with Gasteiger partial charge in [0.15, 0.2) is 5.84 Å². The lowest BCUT2D eigenvalue weighted by atomic mass is 9.69. The van der Waals surface area contributed by atoms with Gasteiger partial charge >= 0.3 is 5.97 Å². The van der Waals surface area contributed by atoms with Crippen molar-refractivity contribution < 1.29 is 24.2 Å². The van der Waals surface area contributed by atoms with E-state index in [1.54, 1.807) is 12.1 Å². The normalized spacial score (nSPS) is 24.8. The van der Waals surface area contributed by atoms with Crippen LogP contribution in [0.4, 0.5) is 0 Å². The zero-order valence-electron chi connectivity index (χ0n) is 29.5. The van der Waals surface area contributed by atoms with Crippen molar-refractivity contribution in [2.75, 3.05) is 26.3 Å². The summed E-state index contributed by atoms with van der Waals surface area (Å²) in [6.07, 6.45) is 6.22. The van der Waals surface area contributed by atoms with Crippen LogP contribution in [0, 0.1) is 22.7 Å². The molecule has 4 rings (SSSR count). The number of morpholine rings is 1. The summed E-state index contributed by atoms with van der Waals surface area (Å²) >= 11 is 0. The Labute approximate surface area is 276 Å². The maximum atomic E-state index is 14.9. The van der Waals surface area contributed by atoms with Gasteiger partial charge in [-0.15, -0.1) is 0 Å². The predicted octanol–water partition coefficient (Wildman–Crippen LogP) is 6.68. The third-order valence-corrected chi connectivity index (χ3v) is 10.1. The summed E-state index contributed by atoms with van der Waals surface area (Å²) in [5.74, 6) is 0.392. The van der Waals surface area contributed by atoms with Crippen molar-refractivity contribution in [1.82, 2.24) is 15.1 Å². The summed E-state index contributed by atoms with van der Waals surface area (Å²) in [6.45, 7) is 20.0. The Bertz CT molecular complexity index is 1250. The van der Waals surface area contributed by atoms with E-state index in [1.165, 1.54) is 0 Å². The van der Waals surface area contributed by atoms with Gasteiger partial charge in [0, 0.05) is 18.7 Å². The highest BCUT2D eigenvalue weighted by Gasteiger charge is 2.54. The Morgan fingerprint density at radius 3 is 2.30 bits per heavy atom. The third-order valence-electron chi connectivity index (χ3n) is 10.1. The van der Waals surface area contributed by atoms with E-state index in [2.05, 4.69) is 70.5 Å². The quantitative estimate of drug-likeness (QED) is 0.296. The highest BCUT2D eigenvalue weighted by molar-refractivity contribution is 6.39. The van der Waals surface area contributed by atoms with Crippen LogP contribution in [-0.2, 0) is 14.3 Å². The number of ether oxygens (including phenoxy) is 1. The fourth-order valence-corrected chi connectivity index (χ4v) is 7.44. The molecule has 2 fully saturated rings. The van der Waals surface area contributed by atoms with Crippen LogP contribution >= 0.6 is 0 Å². The predicted molar refractivity (Wildman–Crippen MR) is 182 cm³/mol. The smallest absolute Gasteiger partial charge is 0.305 e. The van der Waals surface area contributed by atoms with E-state index in [1.807, 2.05) is 12.1 Å². The molecule has 1 aromatic carbocycles. The summed E-state index contributed by atoms with van der Waals surface area (Å²) in [7, 11) is 0. The minimum absolute atomic E-state index is 0.0132. The van der Waals surface area contributed by atoms with Gasteiger partial charge in [0.1, 0.15) is 5.66 Å². The van der Waals surface area contributed by atoms with Crippen molar-refractivity contribution >= 4 is 23.6 Å². The second-order valence-corrected chi connectivity index (χ2v) is 16.4. The Kier molecular flexibility index (Phi) is 11.3. The molecular weight excluding hydrogens is 580 g/mol. The van der Waals surface area contributed by atoms with E-state index < -0.39 is 11.6 Å². The molecule has 2 atom stereocenters. The van der Waals surface area contributed by atoms with Crippen molar-refractivity contribution in [2.45, 2.75) is 125 Å². The number of benzene rings is 1. The second-order valence-electron chi connectivity index (χ2n) is 16.4. The molecule has 2 aliphatic heterocycles. The largest absolute Gasteiger partial charge is 0.481 e. The molecule has 1 unspecified atom stereocenters. The second kappa shape index (κ2) is 14.4. The number of aliphatic carboxylic acids is 1. The molecule has 2 amide bonds. The number of rotatable bonds is 10. The van der Waals surface area contributed by atoms with Gasteiger partial charge in [-0.05, 0) is 85.3 Å². The molecule has 1 aliphatic carbocycles. The first-order chi connectivity index (χ1) is 21.5. The van der Waals surface area contributed by atoms with E-state index in [9.17, 15) is 14.4 Å². The van der Waals surface area contributed by atoms with Crippen LogP contribution in [0.3, 0.4) is 0 Å². The number of hydrogen-bond donors (Lipinski definition) is 2. The fourth-order valence-electron chi connectivity index (χ4n) is 7.44. The molecule has 9 heteroatoms. The monoisotopic (exact) mass is 638 g/mol. The molecule has 0 radical (unpaired) electrons. The van der Waals surface area contributed by atoms with E-state index in [0.29, 0.717) is 43.0 Å². The first kappa shape index (κ1) is 35.9. The summed E-state index contributed by atoms with van der Waals surface area (Å²) < 4.78 is 5.90. The van der Waals surface area contributed by atoms with Crippen molar-refractivity contribution in [3.05, 3.63) is 35.4 Å². The molecule has 0 bridgehead atoms. The van der Waals surface area contributed by atoms with Crippen molar-refractivity contribution in [3.63, 3.8) is 0 Å². The highest BCUT2D eigenvalue weighted by Crippen LogP contribution is 2.50. The highest BCUT2D eigenvalue weighted by atomic mass is 16.5. The van der Waals surface area contributed by atoms with Crippen LogP contribution in [0.1, 0.15) is 129 Å². The van der Waals surface area contributed by atoms with Crippen LogP contribution in [0.2, 0.25) is 0 Å². The average Bonchev–Trinajstić information content (AvgIpc) is 3.23. The third kappa shape index (κ3) is 8.69. The lowest BCUT2D eigenvalue weighted by molar-refractivity contribution is -0.137. The van der Waals surface area contributed by atoms with Crippen molar-refractivity contribution in [2.24, 2.45) is 27.7 Å². The van der Waals surface area contributed by atoms with Crippen LogP contribution in [0.25, 0.3) is 0 Å². The molecule has 1 spiro atoms. The Morgan fingerprint density at radius 2 is 1.74 bits per heavy atom. The molecule has 0 aromatic heterocycles. The lowest BCUT2D eigenvalue weighted by Crippen LogP contribution is -2.54. The number of amidine groups is 1. The SMILES string of the molecule is CC(C)CC1COCCN1C1=NC2(CCC(C(C)(C)C)CC2)N([C@H](CCC(C)(C)C)c2ccc(C(=O)NCCC(=O)O)cc2)C1=O. The topological polar surface area (TPSA) is 112 Å². The number of carbonyl (C=O) groups is 3. The summed E-state index contributed by atoms with van der Waals surface area (Å²) in [5, 5.41) is 11.6.